The van der Waals surface area contributed by atoms with Gasteiger partial charge in [-0.25, -0.2) is 9.97 Å². The van der Waals surface area contributed by atoms with Crippen LogP contribution >= 0.6 is 23.2 Å². The normalized spacial score (nSPS) is 12.3. The van der Waals surface area contributed by atoms with Crippen molar-refractivity contribution in [2.75, 3.05) is 5.88 Å². The van der Waals surface area contributed by atoms with Crippen molar-refractivity contribution in [1.82, 2.24) is 14.5 Å². The Hall–Kier alpha value is -0.800. The molecule has 0 aliphatic rings. The molecular formula is C14H19Cl2N3. The molecule has 2 heterocycles. The lowest BCUT2D eigenvalue weighted by Crippen LogP contribution is -2.30. The Morgan fingerprint density at radius 1 is 1.32 bits per heavy atom. The Morgan fingerprint density at radius 2 is 2.00 bits per heavy atom. The molecule has 3 nitrogen and oxygen atoms in total. The van der Waals surface area contributed by atoms with E-state index in [2.05, 4.69) is 35.3 Å². The molecule has 2 aromatic rings. The molecule has 0 unspecified atom stereocenters. The molecule has 2 aromatic heterocycles. The van der Waals surface area contributed by atoms with E-state index in [1.807, 2.05) is 6.07 Å². The first-order valence-corrected chi connectivity index (χ1v) is 7.56. The maximum absolute atomic E-state index is 6.00. The molecular weight excluding hydrogens is 281 g/mol. The van der Waals surface area contributed by atoms with Crippen molar-refractivity contribution in [3.8, 4) is 0 Å². The van der Waals surface area contributed by atoms with E-state index in [1.54, 1.807) is 6.20 Å². The number of halogens is 2. The second-order valence-electron chi connectivity index (χ2n) is 5.00. The van der Waals surface area contributed by atoms with Crippen molar-refractivity contribution >= 4 is 34.4 Å². The molecule has 0 saturated heterocycles. The van der Waals surface area contributed by atoms with Gasteiger partial charge in [0.1, 0.15) is 11.3 Å². The summed E-state index contributed by atoms with van der Waals surface area (Å²) < 4.78 is 2.24. The van der Waals surface area contributed by atoms with Crippen molar-refractivity contribution in [2.24, 2.45) is 0 Å². The van der Waals surface area contributed by atoms with E-state index in [9.17, 15) is 0 Å². The molecule has 0 bridgehead atoms. The van der Waals surface area contributed by atoms with Crippen LogP contribution in [0.2, 0.25) is 5.02 Å². The summed E-state index contributed by atoms with van der Waals surface area (Å²) in [5.41, 5.74) is 1.76. The van der Waals surface area contributed by atoms with E-state index in [-0.39, 0.29) is 5.54 Å². The monoisotopic (exact) mass is 299 g/mol. The average Bonchev–Trinajstić information content (AvgIpc) is 2.76. The van der Waals surface area contributed by atoms with Crippen LogP contribution in [0.4, 0.5) is 0 Å². The fourth-order valence-electron chi connectivity index (χ4n) is 2.37. The van der Waals surface area contributed by atoms with Gasteiger partial charge in [-0.3, -0.25) is 0 Å². The van der Waals surface area contributed by atoms with Gasteiger partial charge in [0.2, 0.25) is 0 Å². The second kappa shape index (κ2) is 5.68. The molecule has 0 atom stereocenters. The first-order chi connectivity index (χ1) is 9.05. The lowest BCUT2D eigenvalue weighted by Gasteiger charge is -2.30. The number of alkyl halides is 1. The summed E-state index contributed by atoms with van der Waals surface area (Å²) in [6.45, 7) is 6.62. The van der Waals surface area contributed by atoms with Gasteiger partial charge >= 0.3 is 0 Å². The quantitative estimate of drug-likeness (QED) is 0.766. The van der Waals surface area contributed by atoms with Gasteiger partial charge in [0.25, 0.3) is 0 Å². The summed E-state index contributed by atoms with van der Waals surface area (Å²) in [6.07, 6.45) is 4.46. The number of nitrogens with zero attached hydrogens (tertiary/aromatic N) is 3. The van der Waals surface area contributed by atoms with Crippen molar-refractivity contribution < 1.29 is 0 Å². The minimum Gasteiger partial charge on any atom is -0.307 e. The Kier molecular flexibility index (Phi) is 4.36. The van der Waals surface area contributed by atoms with E-state index < -0.39 is 0 Å². The smallest absolute Gasteiger partial charge is 0.160 e. The van der Waals surface area contributed by atoms with Crippen molar-refractivity contribution in [3.05, 3.63) is 23.1 Å². The molecule has 0 aliphatic heterocycles. The predicted molar refractivity (Wildman–Crippen MR) is 81.2 cm³/mol. The van der Waals surface area contributed by atoms with E-state index in [0.29, 0.717) is 10.9 Å². The van der Waals surface area contributed by atoms with Crippen LogP contribution in [-0.2, 0) is 12.0 Å². The minimum absolute atomic E-state index is 0.0109. The van der Waals surface area contributed by atoms with E-state index in [1.165, 1.54) is 0 Å². The number of aromatic nitrogens is 3. The number of hydrogen-bond donors (Lipinski definition) is 0. The van der Waals surface area contributed by atoms with E-state index in [0.717, 1.165) is 36.3 Å². The lowest BCUT2D eigenvalue weighted by atomic mass is 9.95. The molecule has 0 radical (unpaired) electrons. The van der Waals surface area contributed by atoms with Crippen molar-refractivity contribution in [2.45, 2.75) is 45.6 Å². The standard InChI is InChI=1S/C14H19Cl2N3/c1-4-14(3,5-2)19-12(6-7-15)18-11-8-10(16)9-17-13(11)19/h8-9H,4-7H2,1-3H3. The Labute approximate surface area is 123 Å². The minimum atomic E-state index is 0.0109. The van der Waals surface area contributed by atoms with Gasteiger partial charge in [-0.1, -0.05) is 25.4 Å². The van der Waals surface area contributed by atoms with Gasteiger partial charge in [0.15, 0.2) is 5.65 Å². The Bertz CT molecular complexity index is 573. The van der Waals surface area contributed by atoms with E-state index in [4.69, 9.17) is 23.2 Å². The van der Waals surface area contributed by atoms with Crippen LogP contribution in [0.3, 0.4) is 0 Å². The molecule has 0 fully saturated rings. The zero-order valence-electron chi connectivity index (χ0n) is 11.6. The second-order valence-corrected chi connectivity index (χ2v) is 5.82. The fourth-order valence-corrected chi connectivity index (χ4v) is 2.69. The molecule has 0 saturated carbocycles. The number of aryl methyl sites for hydroxylation is 1. The number of imidazole rings is 1. The van der Waals surface area contributed by atoms with Crippen LogP contribution < -0.4 is 0 Å². The number of hydrogen-bond acceptors (Lipinski definition) is 2. The Morgan fingerprint density at radius 3 is 2.58 bits per heavy atom. The van der Waals surface area contributed by atoms with E-state index >= 15 is 0 Å². The third-order valence-corrected chi connectivity index (χ3v) is 4.31. The predicted octanol–water partition coefficient (Wildman–Crippen LogP) is 4.40. The SMILES string of the molecule is CCC(C)(CC)n1c(CCCl)nc2cc(Cl)cnc21. The maximum atomic E-state index is 6.00. The summed E-state index contributed by atoms with van der Waals surface area (Å²) in [5, 5.41) is 0.615. The van der Waals surface area contributed by atoms with Crippen LogP contribution in [0.25, 0.3) is 11.2 Å². The average molecular weight is 300 g/mol. The molecule has 19 heavy (non-hydrogen) atoms. The zero-order valence-corrected chi connectivity index (χ0v) is 13.1. The Balaban J connectivity index is 2.71. The van der Waals surface area contributed by atoms with Crippen LogP contribution in [-0.4, -0.2) is 20.4 Å². The van der Waals surface area contributed by atoms with Gasteiger partial charge in [-0.05, 0) is 25.8 Å². The molecule has 0 N–H and O–H groups in total. The highest BCUT2D eigenvalue weighted by molar-refractivity contribution is 6.31. The summed E-state index contributed by atoms with van der Waals surface area (Å²) in [6, 6.07) is 1.86. The summed E-state index contributed by atoms with van der Waals surface area (Å²) >= 11 is 11.9. The number of rotatable bonds is 5. The summed E-state index contributed by atoms with van der Waals surface area (Å²) in [4.78, 5) is 9.13. The fraction of sp³-hybridized carbons (Fsp3) is 0.571. The zero-order chi connectivity index (χ0) is 14.0. The maximum Gasteiger partial charge on any atom is 0.160 e. The summed E-state index contributed by atoms with van der Waals surface area (Å²) in [7, 11) is 0. The topological polar surface area (TPSA) is 30.7 Å². The van der Waals surface area contributed by atoms with Crippen LogP contribution in [0.5, 0.6) is 0 Å². The van der Waals surface area contributed by atoms with Crippen molar-refractivity contribution in [3.63, 3.8) is 0 Å². The molecule has 0 aromatic carbocycles. The highest BCUT2D eigenvalue weighted by Crippen LogP contribution is 2.31. The highest BCUT2D eigenvalue weighted by atomic mass is 35.5. The van der Waals surface area contributed by atoms with Crippen molar-refractivity contribution in [1.29, 1.82) is 0 Å². The molecule has 0 amide bonds. The first kappa shape index (κ1) is 14.6. The van der Waals surface area contributed by atoms with Crippen LogP contribution in [0.1, 0.15) is 39.4 Å². The van der Waals surface area contributed by atoms with Gasteiger partial charge < -0.3 is 4.57 Å². The molecule has 0 spiro atoms. The van der Waals surface area contributed by atoms with Crippen LogP contribution in [0.15, 0.2) is 12.3 Å². The van der Waals surface area contributed by atoms with Gasteiger partial charge in [-0.2, -0.15) is 0 Å². The number of pyridine rings is 1. The third-order valence-electron chi connectivity index (χ3n) is 3.91. The summed E-state index contributed by atoms with van der Waals surface area (Å²) in [5.74, 6) is 1.55. The highest BCUT2D eigenvalue weighted by Gasteiger charge is 2.27. The van der Waals surface area contributed by atoms with Gasteiger partial charge in [0, 0.05) is 24.0 Å². The van der Waals surface area contributed by atoms with Gasteiger partial charge in [0.05, 0.1) is 5.02 Å². The third kappa shape index (κ3) is 2.59. The molecule has 2 rings (SSSR count). The molecule has 0 aliphatic carbocycles. The largest absolute Gasteiger partial charge is 0.307 e. The molecule has 104 valence electrons. The lowest BCUT2D eigenvalue weighted by molar-refractivity contribution is 0.293. The van der Waals surface area contributed by atoms with Crippen LogP contribution in [0, 0.1) is 0 Å². The van der Waals surface area contributed by atoms with Gasteiger partial charge in [-0.15, -0.1) is 11.6 Å². The molecule has 5 heteroatoms. The number of fused-ring (bicyclic) bond motifs is 1. The first-order valence-electron chi connectivity index (χ1n) is 6.65.